The number of hydrogen-bond acceptors (Lipinski definition) is 4. The smallest absolute Gasteiger partial charge is 0.323 e. The summed E-state index contributed by atoms with van der Waals surface area (Å²) in [6.45, 7) is 1.07. The molecule has 0 saturated carbocycles. The predicted octanol–water partition coefficient (Wildman–Crippen LogP) is 1.65. The van der Waals surface area contributed by atoms with Crippen LogP contribution in [0.5, 0.6) is 0 Å². The molecule has 126 valence electrons. The van der Waals surface area contributed by atoms with E-state index in [-0.39, 0.29) is 17.6 Å². The first-order valence-corrected chi connectivity index (χ1v) is 8.21. The maximum atomic E-state index is 12.2. The number of aromatic nitrogens is 1. The van der Waals surface area contributed by atoms with Crippen molar-refractivity contribution < 1.29 is 9.53 Å². The first kappa shape index (κ1) is 16.5. The zero-order valence-electron chi connectivity index (χ0n) is 13.8. The maximum absolute atomic E-state index is 12.2. The van der Waals surface area contributed by atoms with Gasteiger partial charge in [0.05, 0.1) is 0 Å². The Balaban J connectivity index is 1.50. The average molecular weight is 326 g/mol. The van der Waals surface area contributed by atoms with Crippen LogP contribution in [-0.2, 0) is 29.6 Å². The van der Waals surface area contributed by atoms with Gasteiger partial charge in [-0.1, -0.05) is 30.3 Å². The maximum Gasteiger partial charge on any atom is 0.323 e. The number of aryl methyl sites for hydroxylation is 1. The van der Waals surface area contributed by atoms with Crippen LogP contribution in [0.4, 0.5) is 0 Å². The van der Waals surface area contributed by atoms with E-state index in [0.29, 0.717) is 12.5 Å². The predicted molar refractivity (Wildman–Crippen MR) is 91.5 cm³/mol. The molecule has 1 N–H and O–H groups in total. The van der Waals surface area contributed by atoms with Crippen molar-refractivity contribution in [2.75, 3.05) is 6.54 Å². The molecule has 2 heterocycles. The van der Waals surface area contributed by atoms with Gasteiger partial charge in [-0.3, -0.25) is 9.59 Å². The molecule has 1 saturated heterocycles. The Bertz CT molecular complexity index is 755. The summed E-state index contributed by atoms with van der Waals surface area (Å²) in [6.07, 6.45) is 3.32. The lowest BCUT2D eigenvalue weighted by molar-refractivity contribution is -0.147. The van der Waals surface area contributed by atoms with E-state index in [4.69, 9.17) is 4.74 Å². The lowest BCUT2D eigenvalue weighted by Gasteiger charge is -2.11. The number of pyridine rings is 1. The Morgan fingerprint density at radius 2 is 2.04 bits per heavy atom. The zero-order chi connectivity index (χ0) is 16.9. The molecule has 2 atom stereocenters. The summed E-state index contributed by atoms with van der Waals surface area (Å²) in [7, 11) is 1.74. The third kappa shape index (κ3) is 4.11. The molecule has 1 aliphatic heterocycles. The van der Waals surface area contributed by atoms with Crippen LogP contribution in [0.15, 0.2) is 53.5 Å². The number of esters is 1. The highest BCUT2D eigenvalue weighted by Crippen LogP contribution is 2.19. The average Bonchev–Trinajstić information content (AvgIpc) is 3.05. The van der Waals surface area contributed by atoms with Crippen LogP contribution in [0, 0.1) is 5.92 Å². The molecule has 1 aliphatic rings. The van der Waals surface area contributed by atoms with Gasteiger partial charge in [0.15, 0.2) is 0 Å². The van der Waals surface area contributed by atoms with Crippen LogP contribution >= 0.6 is 0 Å². The third-order valence-electron chi connectivity index (χ3n) is 4.42. The second-order valence-corrected chi connectivity index (χ2v) is 6.34. The van der Waals surface area contributed by atoms with Crippen LogP contribution < -0.4 is 10.9 Å². The molecule has 0 radical (unpaired) electrons. The molecular formula is C19H22N2O3. The number of carbonyl (C=O) groups is 1. The van der Waals surface area contributed by atoms with Crippen molar-refractivity contribution in [3.05, 3.63) is 70.1 Å². The number of carbonyl (C=O) groups excluding carboxylic acids is 1. The van der Waals surface area contributed by atoms with Crippen LogP contribution in [-0.4, -0.2) is 23.1 Å². The molecule has 1 aromatic heterocycles. The standard InChI is InChI=1S/C19H22N2O3/c1-21-8-7-15(11-18(21)22)9-16-10-17(20-12-16)19(23)24-13-14-5-3-2-4-6-14/h2-8,11,16-17,20H,9-10,12-13H2,1H3/t16-,17+/m0/s1. The van der Waals surface area contributed by atoms with Crippen molar-refractivity contribution in [2.45, 2.75) is 25.5 Å². The van der Waals surface area contributed by atoms with E-state index in [9.17, 15) is 9.59 Å². The lowest BCUT2D eigenvalue weighted by Crippen LogP contribution is -2.32. The first-order chi connectivity index (χ1) is 11.6. The van der Waals surface area contributed by atoms with Gasteiger partial charge in [0.25, 0.3) is 5.56 Å². The Labute approximate surface area is 141 Å². The molecule has 1 aromatic carbocycles. The van der Waals surface area contributed by atoms with Crippen LogP contribution in [0.1, 0.15) is 17.5 Å². The Hall–Kier alpha value is -2.40. The topological polar surface area (TPSA) is 60.3 Å². The highest BCUT2D eigenvalue weighted by molar-refractivity contribution is 5.76. The van der Waals surface area contributed by atoms with Gasteiger partial charge in [0, 0.05) is 19.3 Å². The fourth-order valence-electron chi connectivity index (χ4n) is 3.02. The van der Waals surface area contributed by atoms with Gasteiger partial charge >= 0.3 is 5.97 Å². The molecule has 5 heteroatoms. The molecule has 1 fully saturated rings. The summed E-state index contributed by atoms with van der Waals surface area (Å²) >= 11 is 0. The largest absolute Gasteiger partial charge is 0.460 e. The van der Waals surface area contributed by atoms with E-state index in [2.05, 4.69) is 5.32 Å². The van der Waals surface area contributed by atoms with E-state index >= 15 is 0 Å². The van der Waals surface area contributed by atoms with Gasteiger partial charge in [0.2, 0.25) is 0 Å². The van der Waals surface area contributed by atoms with Crippen molar-refractivity contribution >= 4 is 5.97 Å². The van der Waals surface area contributed by atoms with Gasteiger partial charge in [-0.25, -0.2) is 0 Å². The van der Waals surface area contributed by atoms with Crippen LogP contribution in [0.25, 0.3) is 0 Å². The summed E-state index contributed by atoms with van der Waals surface area (Å²) in [5.41, 5.74) is 2.00. The summed E-state index contributed by atoms with van der Waals surface area (Å²) in [4.78, 5) is 23.9. The number of nitrogens with one attached hydrogen (secondary N) is 1. The molecular weight excluding hydrogens is 304 g/mol. The SMILES string of the molecule is Cn1ccc(C[C@@H]2CN[C@@H](C(=O)OCc3ccccc3)C2)cc1=O. The normalized spacial score (nSPS) is 20.0. The number of benzene rings is 1. The number of hydrogen-bond donors (Lipinski definition) is 1. The van der Waals surface area contributed by atoms with Gasteiger partial charge in [-0.2, -0.15) is 0 Å². The molecule has 0 aliphatic carbocycles. The lowest BCUT2D eigenvalue weighted by atomic mass is 9.97. The third-order valence-corrected chi connectivity index (χ3v) is 4.42. The highest BCUT2D eigenvalue weighted by Gasteiger charge is 2.30. The Kier molecular flexibility index (Phi) is 5.11. The molecule has 2 aromatic rings. The molecule has 0 unspecified atom stereocenters. The van der Waals surface area contributed by atoms with E-state index in [0.717, 1.165) is 30.5 Å². The molecule has 3 rings (SSSR count). The monoisotopic (exact) mass is 326 g/mol. The Morgan fingerprint density at radius 3 is 2.79 bits per heavy atom. The minimum absolute atomic E-state index is 0.00252. The molecule has 0 bridgehead atoms. The van der Waals surface area contributed by atoms with Crippen molar-refractivity contribution in [3.8, 4) is 0 Å². The highest BCUT2D eigenvalue weighted by atomic mass is 16.5. The quantitative estimate of drug-likeness (QED) is 0.849. The number of ether oxygens (including phenoxy) is 1. The fourth-order valence-corrected chi connectivity index (χ4v) is 3.02. The second-order valence-electron chi connectivity index (χ2n) is 6.34. The fraction of sp³-hybridized carbons (Fsp3) is 0.368. The van der Waals surface area contributed by atoms with Gasteiger partial charge < -0.3 is 14.6 Å². The first-order valence-electron chi connectivity index (χ1n) is 8.21. The van der Waals surface area contributed by atoms with E-state index in [1.54, 1.807) is 23.9 Å². The van der Waals surface area contributed by atoms with Crippen molar-refractivity contribution in [2.24, 2.45) is 13.0 Å². The van der Waals surface area contributed by atoms with Crippen LogP contribution in [0.2, 0.25) is 0 Å². The summed E-state index contributed by atoms with van der Waals surface area (Å²) in [5.74, 6) is 0.136. The molecule has 5 nitrogen and oxygen atoms in total. The van der Waals surface area contributed by atoms with Crippen molar-refractivity contribution in [3.63, 3.8) is 0 Å². The molecule has 0 amide bonds. The summed E-state index contributed by atoms with van der Waals surface area (Å²) in [5, 5.41) is 3.23. The summed E-state index contributed by atoms with van der Waals surface area (Å²) in [6, 6.07) is 13.0. The zero-order valence-corrected chi connectivity index (χ0v) is 13.8. The van der Waals surface area contributed by atoms with E-state index < -0.39 is 0 Å². The minimum Gasteiger partial charge on any atom is -0.460 e. The van der Waals surface area contributed by atoms with Crippen LogP contribution in [0.3, 0.4) is 0 Å². The number of nitrogens with zero attached hydrogens (tertiary/aromatic N) is 1. The van der Waals surface area contributed by atoms with Crippen molar-refractivity contribution in [1.82, 2.24) is 9.88 Å². The van der Waals surface area contributed by atoms with Gasteiger partial charge in [-0.15, -0.1) is 0 Å². The second kappa shape index (κ2) is 7.45. The Morgan fingerprint density at radius 1 is 1.25 bits per heavy atom. The minimum atomic E-state index is -0.259. The summed E-state index contributed by atoms with van der Waals surface area (Å²) < 4.78 is 6.95. The van der Waals surface area contributed by atoms with Gasteiger partial charge in [-0.05, 0) is 42.5 Å². The van der Waals surface area contributed by atoms with Crippen molar-refractivity contribution in [1.29, 1.82) is 0 Å². The van der Waals surface area contributed by atoms with E-state index in [1.165, 1.54) is 0 Å². The van der Waals surface area contributed by atoms with E-state index in [1.807, 2.05) is 36.4 Å². The molecule has 0 spiro atoms. The molecule has 24 heavy (non-hydrogen) atoms. The van der Waals surface area contributed by atoms with Gasteiger partial charge in [0.1, 0.15) is 12.6 Å². The number of rotatable bonds is 5.